The first-order chi connectivity index (χ1) is 14.4. The van der Waals surface area contributed by atoms with Gasteiger partial charge in [-0.2, -0.15) is 5.10 Å². The molecular formula is C21H19ClN4O4. The zero-order chi connectivity index (χ0) is 21.7. The number of hydrazone groups is 1. The minimum Gasteiger partial charge on any atom is -0.502 e. The zero-order valence-corrected chi connectivity index (χ0v) is 16.8. The van der Waals surface area contributed by atoms with E-state index in [2.05, 4.69) is 15.8 Å². The topological polar surface area (TPSA) is 117 Å². The Morgan fingerprint density at radius 3 is 2.73 bits per heavy atom. The lowest BCUT2D eigenvalue weighted by Crippen LogP contribution is -2.36. The van der Waals surface area contributed by atoms with Gasteiger partial charge in [0, 0.05) is 27.7 Å². The highest BCUT2D eigenvalue weighted by atomic mass is 35.5. The molecule has 9 heteroatoms. The molecule has 0 aliphatic heterocycles. The minimum atomic E-state index is -0.752. The van der Waals surface area contributed by atoms with Gasteiger partial charge in [-0.05, 0) is 23.9 Å². The van der Waals surface area contributed by atoms with Crippen molar-refractivity contribution in [3.8, 4) is 5.75 Å². The molecule has 0 spiro atoms. The number of carbonyl (C=O) groups excluding carboxylic acids is 1. The van der Waals surface area contributed by atoms with Gasteiger partial charge in [0.15, 0.2) is 0 Å². The summed E-state index contributed by atoms with van der Waals surface area (Å²) < 4.78 is 0. The average molecular weight is 427 g/mol. The number of halogens is 1. The normalized spacial score (nSPS) is 12.1. The zero-order valence-electron chi connectivity index (χ0n) is 16.0. The Morgan fingerprint density at radius 1 is 1.27 bits per heavy atom. The van der Waals surface area contributed by atoms with Crippen LogP contribution in [0.1, 0.15) is 18.9 Å². The molecule has 3 aromatic carbocycles. The van der Waals surface area contributed by atoms with Crippen LogP contribution in [0.3, 0.4) is 0 Å². The van der Waals surface area contributed by atoms with Crippen molar-refractivity contribution in [2.45, 2.75) is 19.4 Å². The van der Waals surface area contributed by atoms with Crippen LogP contribution in [0.25, 0.3) is 10.8 Å². The number of nitrogens with one attached hydrogen (secondary N) is 2. The average Bonchev–Trinajstić information content (AvgIpc) is 2.73. The predicted molar refractivity (Wildman–Crippen MR) is 117 cm³/mol. The Kier molecular flexibility index (Phi) is 6.48. The van der Waals surface area contributed by atoms with E-state index in [0.717, 1.165) is 28.7 Å². The van der Waals surface area contributed by atoms with Crippen molar-refractivity contribution in [2.24, 2.45) is 5.10 Å². The van der Waals surface area contributed by atoms with Crippen LogP contribution in [0.15, 0.2) is 59.7 Å². The Labute approximate surface area is 177 Å². The van der Waals surface area contributed by atoms with Crippen LogP contribution in [0.4, 0.5) is 11.4 Å². The van der Waals surface area contributed by atoms with E-state index in [0.29, 0.717) is 6.42 Å². The van der Waals surface area contributed by atoms with Gasteiger partial charge in [0.1, 0.15) is 6.04 Å². The molecule has 154 valence electrons. The number of aromatic hydroxyl groups is 1. The molecule has 0 fully saturated rings. The Balaban J connectivity index is 1.74. The monoisotopic (exact) mass is 426 g/mol. The van der Waals surface area contributed by atoms with Gasteiger partial charge in [-0.15, -0.1) is 0 Å². The fourth-order valence-electron chi connectivity index (χ4n) is 2.98. The van der Waals surface area contributed by atoms with Gasteiger partial charge in [0.2, 0.25) is 5.75 Å². The third kappa shape index (κ3) is 4.66. The summed E-state index contributed by atoms with van der Waals surface area (Å²) in [5.74, 6) is -0.971. The van der Waals surface area contributed by atoms with Crippen LogP contribution >= 0.6 is 11.6 Å². The molecule has 0 unspecified atom stereocenters. The van der Waals surface area contributed by atoms with Crippen molar-refractivity contribution >= 4 is 45.9 Å². The molecule has 8 nitrogen and oxygen atoms in total. The van der Waals surface area contributed by atoms with Gasteiger partial charge in [0.25, 0.3) is 5.91 Å². The van der Waals surface area contributed by atoms with E-state index >= 15 is 0 Å². The van der Waals surface area contributed by atoms with E-state index in [9.17, 15) is 20.0 Å². The third-order valence-corrected chi connectivity index (χ3v) is 4.72. The highest BCUT2D eigenvalue weighted by Crippen LogP contribution is 2.32. The molecule has 3 N–H and O–H groups in total. The smallest absolute Gasteiger partial charge is 0.312 e. The highest BCUT2D eigenvalue weighted by molar-refractivity contribution is 6.31. The lowest BCUT2D eigenvalue weighted by Gasteiger charge is -2.18. The first-order valence-electron chi connectivity index (χ1n) is 9.14. The summed E-state index contributed by atoms with van der Waals surface area (Å²) in [6, 6.07) is 15.4. The lowest BCUT2D eigenvalue weighted by atomic mass is 10.1. The fourth-order valence-corrected chi connectivity index (χ4v) is 3.20. The lowest BCUT2D eigenvalue weighted by molar-refractivity contribution is -0.385. The molecule has 0 saturated heterocycles. The number of phenolic OH excluding ortho intramolecular Hbond substituents is 1. The van der Waals surface area contributed by atoms with Crippen LogP contribution in [-0.2, 0) is 4.79 Å². The Morgan fingerprint density at radius 2 is 2.00 bits per heavy atom. The van der Waals surface area contributed by atoms with E-state index < -0.39 is 28.3 Å². The number of nitrogens with zero attached hydrogens (tertiary/aromatic N) is 2. The molecule has 0 aliphatic rings. The molecule has 0 saturated carbocycles. The van der Waals surface area contributed by atoms with E-state index in [1.807, 2.05) is 49.4 Å². The number of nitro benzene ring substituents is 1. The number of amides is 1. The summed E-state index contributed by atoms with van der Waals surface area (Å²) >= 11 is 5.84. The van der Waals surface area contributed by atoms with E-state index in [1.54, 1.807) is 0 Å². The van der Waals surface area contributed by atoms with E-state index in [-0.39, 0.29) is 10.6 Å². The molecule has 1 amide bonds. The van der Waals surface area contributed by atoms with Gasteiger partial charge in [-0.1, -0.05) is 54.9 Å². The van der Waals surface area contributed by atoms with Gasteiger partial charge in [-0.3, -0.25) is 14.9 Å². The minimum absolute atomic E-state index is 0.0181. The van der Waals surface area contributed by atoms with Crippen molar-refractivity contribution < 1.29 is 14.8 Å². The van der Waals surface area contributed by atoms with E-state index in [1.165, 1.54) is 6.07 Å². The highest BCUT2D eigenvalue weighted by Gasteiger charge is 2.19. The van der Waals surface area contributed by atoms with Crippen LogP contribution in [-0.4, -0.2) is 28.2 Å². The standard InChI is InChI=1S/C21H19ClN4O4/c1-2-17(24-18-9-5-7-13-6-3-4-8-16(13)18)21(28)25-23-12-14-10-15(22)11-19(20(14)27)26(29)30/h3-12,17,24,27H,2H2,1H3,(H,25,28)/b23-12-/t17-/m0/s1. The number of rotatable bonds is 7. The van der Waals surface area contributed by atoms with Crippen molar-refractivity contribution in [3.05, 3.63) is 75.3 Å². The van der Waals surface area contributed by atoms with Crippen LogP contribution < -0.4 is 10.7 Å². The molecule has 3 aromatic rings. The molecule has 3 rings (SSSR count). The first-order valence-corrected chi connectivity index (χ1v) is 9.52. The number of hydrogen-bond acceptors (Lipinski definition) is 6. The van der Waals surface area contributed by atoms with E-state index in [4.69, 9.17) is 11.6 Å². The van der Waals surface area contributed by atoms with Crippen LogP contribution in [0, 0.1) is 10.1 Å². The molecule has 0 aliphatic carbocycles. The van der Waals surface area contributed by atoms with Gasteiger partial charge < -0.3 is 10.4 Å². The summed E-state index contributed by atoms with van der Waals surface area (Å²) in [7, 11) is 0. The molecule has 0 radical (unpaired) electrons. The number of nitro groups is 1. The maximum atomic E-state index is 12.5. The number of hydrogen-bond donors (Lipinski definition) is 3. The van der Waals surface area contributed by atoms with Crippen LogP contribution in [0.2, 0.25) is 5.02 Å². The maximum Gasteiger partial charge on any atom is 0.312 e. The third-order valence-electron chi connectivity index (χ3n) is 4.50. The fraction of sp³-hybridized carbons (Fsp3) is 0.143. The van der Waals surface area contributed by atoms with Crippen molar-refractivity contribution in [1.29, 1.82) is 0 Å². The second-order valence-corrected chi connectivity index (χ2v) is 6.92. The van der Waals surface area contributed by atoms with Crippen molar-refractivity contribution in [3.63, 3.8) is 0 Å². The number of fused-ring (bicyclic) bond motifs is 1. The second-order valence-electron chi connectivity index (χ2n) is 6.49. The first kappa shape index (κ1) is 21.1. The van der Waals surface area contributed by atoms with Gasteiger partial charge in [-0.25, -0.2) is 5.43 Å². The summed E-state index contributed by atoms with van der Waals surface area (Å²) in [4.78, 5) is 22.8. The van der Waals surface area contributed by atoms with Crippen molar-refractivity contribution in [2.75, 3.05) is 5.32 Å². The Hall–Kier alpha value is -3.65. The SMILES string of the molecule is CC[C@H](Nc1cccc2ccccc12)C(=O)N/N=C\c1cc(Cl)cc([N+](=O)[O-])c1O. The summed E-state index contributed by atoms with van der Waals surface area (Å²) in [5.41, 5.74) is 2.69. The van der Waals surface area contributed by atoms with Crippen molar-refractivity contribution in [1.82, 2.24) is 5.43 Å². The largest absolute Gasteiger partial charge is 0.502 e. The predicted octanol–water partition coefficient (Wildman–Crippen LogP) is 4.45. The Bertz CT molecular complexity index is 1130. The number of benzene rings is 3. The van der Waals surface area contributed by atoms with Crippen LogP contribution in [0.5, 0.6) is 5.75 Å². The molecule has 0 heterocycles. The molecular weight excluding hydrogens is 408 g/mol. The summed E-state index contributed by atoms with van der Waals surface area (Å²) in [5, 5.41) is 30.1. The summed E-state index contributed by atoms with van der Waals surface area (Å²) in [6.45, 7) is 1.86. The molecule has 1 atom stereocenters. The quantitative estimate of drug-likeness (QED) is 0.293. The van der Waals surface area contributed by atoms with Gasteiger partial charge >= 0.3 is 5.69 Å². The maximum absolute atomic E-state index is 12.5. The number of phenols is 1. The van der Waals surface area contributed by atoms with Gasteiger partial charge in [0.05, 0.1) is 11.1 Å². The number of carbonyl (C=O) groups is 1. The second kappa shape index (κ2) is 9.23. The molecule has 0 aromatic heterocycles. The number of anilines is 1. The molecule has 0 bridgehead atoms. The summed E-state index contributed by atoms with van der Waals surface area (Å²) in [6.07, 6.45) is 1.61. The molecule has 30 heavy (non-hydrogen) atoms.